The fourth-order valence-electron chi connectivity index (χ4n) is 1.41. The molecule has 70 valence electrons. The quantitative estimate of drug-likeness (QED) is 0.727. The molecule has 1 aromatic rings. The molecule has 4 nitrogen and oxygen atoms in total. The molecular weight excluding hydrogens is 190 g/mol. The van der Waals surface area contributed by atoms with Crippen LogP contribution < -0.4 is 10.1 Å². The van der Waals surface area contributed by atoms with Crippen molar-refractivity contribution in [1.82, 2.24) is 15.5 Å². The first-order valence-corrected chi connectivity index (χ1v) is 4.49. The summed E-state index contributed by atoms with van der Waals surface area (Å²) in [4.78, 5) is 0. The van der Waals surface area contributed by atoms with Crippen LogP contribution in [0.3, 0.4) is 0 Å². The van der Waals surface area contributed by atoms with Gasteiger partial charge in [-0.15, -0.1) is 5.10 Å². The summed E-state index contributed by atoms with van der Waals surface area (Å²) in [7, 11) is 1.55. The topological polar surface area (TPSA) is 47.0 Å². The van der Waals surface area contributed by atoms with E-state index >= 15 is 0 Å². The van der Waals surface area contributed by atoms with E-state index in [0.717, 1.165) is 30.8 Å². The average molecular weight is 200 g/mol. The molecule has 1 N–H and O–H groups in total. The van der Waals surface area contributed by atoms with Gasteiger partial charge in [0.05, 0.1) is 12.8 Å². The van der Waals surface area contributed by atoms with Crippen molar-refractivity contribution in [3.05, 3.63) is 16.3 Å². The van der Waals surface area contributed by atoms with E-state index in [0.29, 0.717) is 10.9 Å². The zero-order chi connectivity index (χ0) is 9.26. The Balaban J connectivity index is 2.48. The van der Waals surface area contributed by atoms with Crippen LogP contribution in [0.5, 0.6) is 5.88 Å². The van der Waals surface area contributed by atoms with Crippen molar-refractivity contribution in [3.63, 3.8) is 0 Å². The third-order valence-corrected chi connectivity index (χ3v) is 2.49. The van der Waals surface area contributed by atoms with Gasteiger partial charge < -0.3 is 10.1 Å². The van der Waals surface area contributed by atoms with Gasteiger partial charge in [-0.05, 0) is 13.0 Å². The van der Waals surface area contributed by atoms with Gasteiger partial charge in [0.15, 0.2) is 0 Å². The van der Waals surface area contributed by atoms with Crippen LogP contribution >= 0.6 is 11.6 Å². The van der Waals surface area contributed by atoms with E-state index in [1.54, 1.807) is 7.11 Å². The lowest BCUT2D eigenvalue weighted by molar-refractivity contribution is 0.389. The highest BCUT2D eigenvalue weighted by molar-refractivity contribution is 6.32. The molecular formula is C8H10ClN3O. The van der Waals surface area contributed by atoms with Gasteiger partial charge >= 0.3 is 0 Å². The molecule has 0 radical (unpaired) electrons. The lowest BCUT2D eigenvalue weighted by atomic mass is 10.1. The normalized spacial score (nSPS) is 15.2. The smallest absolute Gasteiger partial charge is 0.252 e. The van der Waals surface area contributed by atoms with Crippen LogP contribution in [0.2, 0.25) is 5.02 Å². The molecule has 0 fully saturated rings. The number of methoxy groups -OCH3 is 1. The van der Waals surface area contributed by atoms with Crippen LogP contribution in [-0.2, 0) is 13.0 Å². The Bertz CT molecular complexity index is 329. The van der Waals surface area contributed by atoms with Gasteiger partial charge in [-0.1, -0.05) is 11.6 Å². The minimum absolute atomic E-state index is 0.419. The number of hydrogen-bond donors (Lipinski definition) is 1. The van der Waals surface area contributed by atoms with Gasteiger partial charge in [-0.25, -0.2) is 0 Å². The largest absolute Gasteiger partial charge is 0.479 e. The maximum absolute atomic E-state index is 6.07. The Labute approximate surface area is 81.3 Å². The predicted molar refractivity (Wildman–Crippen MR) is 49.0 cm³/mol. The maximum atomic E-state index is 6.07. The van der Waals surface area contributed by atoms with Crippen LogP contribution in [0.25, 0.3) is 0 Å². The van der Waals surface area contributed by atoms with E-state index in [9.17, 15) is 0 Å². The first kappa shape index (κ1) is 8.72. The van der Waals surface area contributed by atoms with Crippen LogP contribution in [0.15, 0.2) is 0 Å². The van der Waals surface area contributed by atoms with Crippen molar-refractivity contribution in [2.24, 2.45) is 0 Å². The number of nitrogens with one attached hydrogen (secondary N) is 1. The van der Waals surface area contributed by atoms with Crippen LogP contribution in [-0.4, -0.2) is 23.9 Å². The van der Waals surface area contributed by atoms with Gasteiger partial charge in [-0.3, -0.25) is 0 Å². The molecule has 13 heavy (non-hydrogen) atoms. The SMILES string of the molecule is COc1nnc2c(c1Cl)CCNC2. The van der Waals surface area contributed by atoms with Gasteiger partial charge in [0, 0.05) is 12.1 Å². The summed E-state index contributed by atoms with van der Waals surface area (Å²) in [6, 6.07) is 0. The van der Waals surface area contributed by atoms with E-state index in [1.807, 2.05) is 0 Å². The molecule has 0 saturated heterocycles. The van der Waals surface area contributed by atoms with Crippen molar-refractivity contribution < 1.29 is 4.74 Å². The van der Waals surface area contributed by atoms with E-state index in [2.05, 4.69) is 15.5 Å². The molecule has 1 aliphatic rings. The number of fused-ring (bicyclic) bond motifs is 1. The van der Waals surface area contributed by atoms with Crippen molar-refractivity contribution >= 4 is 11.6 Å². The third kappa shape index (κ3) is 1.47. The highest BCUT2D eigenvalue weighted by Gasteiger charge is 2.17. The Morgan fingerprint density at radius 3 is 3.08 bits per heavy atom. The lowest BCUT2D eigenvalue weighted by Crippen LogP contribution is -2.25. The molecule has 0 bridgehead atoms. The van der Waals surface area contributed by atoms with Crippen molar-refractivity contribution in [2.75, 3.05) is 13.7 Å². The van der Waals surface area contributed by atoms with Gasteiger partial charge in [-0.2, -0.15) is 5.10 Å². The molecule has 0 aliphatic carbocycles. The minimum atomic E-state index is 0.419. The zero-order valence-corrected chi connectivity index (χ0v) is 8.06. The molecule has 0 aromatic carbocycles. The molecule has 0 spiro atoms. The number of hydrogen-bond acceptors (Lipinski definition) is 4. The van der Waals surface area contributed by atoms with Gasteiger partial charge in [0.25, 0.3) is 5.88 Å². The van der Waals surface area contributed by atoms with E-state index < -0.39 is 0 Å². The average Bonchev–Trinajstić information content (AvgIpc) is 2.19. The highest BCUT2D eigenvalue weighted by Crippen LogP contribution is 2.28. The summed E-state index contributed by atoms with van der Waals surface area (Å²) in [6.07, 6.45) is 0.889. The Morgan fingerprint density at radius 1 is 1.46 bits per heavy atom. The second kappa shape index (κ2) is 3.47. The van der Waals surface area contributed by atoms with Crippen LogP contribution in [0.4, 0.5) is 0 Å². The number of rotatable bonds is 1. The molecule has 0 amide bonds. The zero-order valence-electron chi connectivity index (χ0n) is 7.30. The number of halogens is 1. The molecule has 1 aliphatic heterocycles. The number of aromatic nitrogens is 2. The highest BCUT2D eigenvalue weighted by atomic mass is 35.5. The summed E-state index contributed by atoms with van der Waals surface area (Å²) in [5.74, 6) is 0.419. The van der Waals surface area contributed by atoms with Crippen LogP contribution in [0.1, 0.15) is 11.3 Å². The van der Waals surface area contributed by atoms with E-state index in [-0.39, 0.29) is 0 Å². The van der Waals surface area contributed by atoms with Crippen molar-refractivity contribution in [2.45, 2.75) is 13.0 Å². The minimum Gasteiger partial charge on any atom is -0.479 e. The van der Waals surface area contributed by atoms with Gasteiger partial charge in [0.1, 0.15) is 5.02 Å². The summed E-state index contributed by atoms with van der Waals surface area (Å²) in [5.41, 5.74) is 1.99. The predicted octanol–water partition coefficient (Wildman–Crippen LogP) is 0.784. The molecule has 0 atom stereocenters. The molecule has 2 heterocycles. The molecule has 5 heteroatoms. The lowest BCUT2D eigenvalue weighted by Gasteiger charge is -2.17. The Kier molecular flexibility index (Phi) is 2.33. The number of ether oxygens (including phenoxy) is 1. The standard InChI is InChI=1S/C8H10ClN3O/c1-13-8-7(9)5-2-3-10-4-6(5)11-12-8/h10H,2-4H2,1H3. The van der Waals surface area contributed by atoms with E-state index in [4.69, 9.17) is 16.3 Å². The summed E-state index contributed by atoms with van der Waals surface area (Å²) >= 11 is 6.07. The molecule has 0 unspecified atom stereocenters. The molecule has 1 aromatic heterocycles. The fraction of sp³-hybridized carbons (Fsp3) is 0.500. The summed E-state index contributed by atoms with van der Waals surface area (Å²) < 4.78 is 4.99. The Hall–Kier alpha value is -0.870. The van der Waals surface area contributed by atoms with E-state index in [1.165, 1.54) is 0 Å². The van der Waals surface area contributed by atoms with Crippen molar-refractivity contribution in [3.8, 4) is 5.88 Å². The first-order valence-electron chi connectivity index (χ1n) is 4.11. The summed E-state index contributed by atoms with van der Waals surface area (Å²) in [6.45, 7) is 1.67. The van der Waals surface area contributed by atoms with Gasteiger partial charge in [0.2, 0.25) is 0 Å². The number of nitrogens with zero attached hydrogens (tertiary/aromatic N) is 2. The third-order valence-electron chi connectivity index (χ3n) is 2.10. The second-order valence-electron chi connectivity index (χ2n) is 2.88. The second-order valence-corrected chi connectivity index (χ2v) is 3.25. The van der Waals surface area contributed by atoms with Crippen molar-refractivity contribution in [1.29, 1.82) is 0 Å². The monoisotopic (exact) mass is 199 g/mol. The summed E-state index contributed by atoms with van der Waals surface area (Å²) in [5, 5.41) is 11.7. The first-order chi connectivity index (χ1) is 6.33. The Morgan fingerprint density at radius 2 is 2.31 bits per heavy atom. The van der Waals surface area contributed by atoms with Crippen LogP contribution in [0, 0.1) is 0 Å². The fourth-order valence-corrected chi connectivity index (χ4v) is 1.73. The molecule has 0 saturated carbocycles. The molecule has 2 rings (SSSR count). The maximum Gasteiger partial charge on any atom is 0.252 e.